The van der Waals surface area contributed by atoms with Crippen LogP contribution in [0.1, 0.15) is 6.92 Å². The maximum absolute atomic E-state index is 12.1. The number of amides is 2. The second-order valence-corrected chi connectivity index (χ2v) is 6.75. The summed E-state index contributed by atoms with van der Waals surface area (Å²) in [5.41, 5.74) is 2.89. The molecule has 0 radical (unpaired) electrons. The van der Waals surface area contributed by atoms with E-state index in [4.69, 9.17) is 4.74 Å². The number of methoxy groups -OCH3 is 1. The van der Waals surface area contributed by atoms with E-state index in [2.05, 4.69) is 31.0 Å². The van der Waals surface area contributed by atoms with E-state index in [9.17, 15) is 9.59 Å². The van der Waals surface area contributed by atoms with Crippen molar-refractivity contribution in [1.29, 1.82) is 0 Å². The molecule has 0 saturated carbocycles. The average molecular weight is 435 g/mol. The van der Waals surface area contributed by atoms with Gasteiger partial charge in [-0.1, -0.05) is 18.2 Å². The van der Waals surface area contributed by atoms with Crippen molar-refractivity contribution in [2.75, 3.05) is 30.9 Å². The van der Waals surface area contributed by atoms with Gasteiger partial charge in [0.2, 0.25) is 11.8 Å². The number of nitrogens with zero attached hydrogens (tertiary/aromatic N) is 4. The predicted molar refractivity (Wildman–Crippen MR) is 121 cm³/mol. The number of carbonyl (C=O) groups is 2. The lowest BCUT2D eigenvalue weighted by Gasteiger charge is -2.09. The lowest BCUT2D eigenvalue weighted by Crippen LogP contribution is -2.31. The zero-order valence-electron chi connectivity index (χ0n) is 17.9. The Hall–Kier alpha value is -4.05. The first-order chi connectivity index (χ1) is 15.6. The molecule has 0 aliphatic heterocycles. The topological polar surface area (TPSA) is 123 Å². The minimum atomic E-state index is -0.324. The van der Waals surface area contributed by atoms with Crippen LogP contribution in [0.4, 0.5) is 17.2 Å². The van der Waals surface area contributed by atoms with E-state index in [1.807, 2.05) is 24.4 Å². The van der Waals surface area contributed by atoms with Gasteiger partial charge in [-0.2, -0.15) is 5.10 Å². The van der Waals surface area contributed by atoms with Crippen LogP contribution in [0.15, 0.2) is 61.2 Å². The summed E-state index contributed by atoms with van der Waals surface area (Å²) in [5, 5.41) is 12.7. The maximum Gasteiger partial charge on any atom is 0.244 e. The summed E-state index contributed by atoms with van der Waals surface area (Å²) < 4.78 is 6.84. The van der Waals surface area contributed by atoms with Crippen LogP contribution in [-0.2, 0) is 20.9 Å². The summed E-state index contributed by atoms with van der Waals surface area (Å²) in [6.45, 7) is 2.85. The first-order valence-corrected chi connectivity index (χ1v) is 9.98. The molecule has 0 spiro atoms. The van der Waals surface area contributed by atoms with Crippen LogP contribution in [0.2, 0.25) is 0 Å². The molecule has 0 aliphatic rings. The van der Waals surface area contributed by atoms with Crippen molar-refractivity contribution in [3.05, 3.63) is 61.2 Å². The third kappa shape index (κ3) is 6.74. The molecule has 3 N–H and O–H groups in total. The van der Waals surface area contributed by atoms with Crippen molar-refractivity contribution in [1.82, 2.24) is 25.1 Å². The van der Waals surface area contributed by atoms with Gasteiger partial charge in [0, 0.05) is 30.6 Å². The van der Waals surface area contributed by atoms with E-state index in [-0.39, 0.29) is 18.4 Å². The Balaban J connectivity index is 1.65. The number of hydrogen-bond acceptors (Lipinski definition) is 7. The van der Waals surface area contributed by atoms with Crippen LogP contribution in [0.5, 0.6) is 0 Å². The van der Waals surface area contributed by atoms with E-state index in [0.29, 0.717) is 30.4 Å². The molecule has 3 aromatic rings. The molecule has 3 rings (SSSR count). The fourth-order valence-electron chi connectivity index (χ4n) is 2.81. The van der Waals surface area contributed by atoms with Crippen LogP contribution in [0.3, 0.4) is 0 Å². The summed E-state index contributed by atoms with van der Waals surface area (Å²) in [4.78, 5) is 32.1. The molecule has 32 heavy (non-hydrogen) atoms. The van der Waals surface area contributed by atoms with Gasteiger partial charge in [0.1, 0.15) is 12.1 Å². The van der Waals surface area contributed by atoms with E-state index in [0.717, 1.165) is 11.3 Å². The number of allylic oxidation sites excluding steroid dienone is 1. The highest BCUT2D eigenvalue weighted by atomic mass is 16.5. The average Bonchev–Trinajstić information content (AvgIpc) is 3.24. The molecule has 0 saturated heterocycles. The Labute approximate surface area is 185 Å². The van der Waals surface area contributed by atoms with Crippen molar-refractivity contribution in [3.63, 3.8) is 0 Å². The lowest BCUT2D eigenvalue weighted by molar-refractivity contribution is -0.121. The molecule has 0 bridgehead atoms. The number of rotatable bonds is 10. The van der Waals surface area contributed by atoms with E-state index >= 15 is 0 Å². The predicted octanol–water partition coefficient (Wildman–Crippen LogP) is 2.36. The van der Waals surface area contributed by atoms with E-state index in [1.54, 1.807) is 43.1 Å². The van der Waals surface area contributed by atoms with E-state index in [1.165, 1.54) is 12.4 Å². The molecule has 10 heteroatoms. The number of aromatic nitrogens is 4. The van der Waals surface area contributed by atoms with Crippen molar-refractivity contribution in [2.24, 2.45) is 0 Å². The number of carbonyl (C=O) groups excluding carboxylic acids is 2. The van der Waals surface area contributed by atoms with Crippen LogP contribution in [0, 0.1) is 0 Å². The number of hydrogen-bond donors (Lipinski definition) is 3. The molecule has 10 nitrogen and oxygen atoms in total. The van der Waals surface area contributed by atoms with Gasteiger partial charge in [-0.15, -0.1) is 0 Å². The quantitative estimate of drug-likeness (QED) is 0.418. The number of anilines is 3. The smallest absolute Gasteiger partial charge is 0.244 e. The Kier molecular flexibility index (Phi) is 8.04. The minimum absolute atomic E-state index is 0.118. The van der Waals surface area contributed by atoms with Gasteiger partial charge in [-0.25, -0.2) is 9.97 Å². The van der Waals surface area contributed by atoms with Gasteiger partial charge in [-0.3, -0.25) is 14.3 Å². The summed E-state index contributed by atoms with van der Waals surface area (Å²) >= 11 is 0. The number of ether oxygens (including phenoxy) is 1. The largest absolute Gasteiger partial charge is 0.383 e. The summed E-state index contributed by atoms with van der Waals surface area (Å²) in [7, 11) is 1.65. The Morgan fingerprint density at radius 1 is 1.19 bits per heavy atom. The second-order valence-electron chi connectivity index (χ2n) is 6.75. The minimum Gasteiger partial charge on any atom is -0.383 e. The first-order valence-electron chi connectivity index (χ1n) is 9.98. The van der Waals surface area contributed by atoms with Crippen LogP contribution in [-0.4, -0.2) is 51.8 Å². The third-order valence-electron chi connectivity index (χ3n) is 4.28. The molecule has 2 amide bonds. The highest BCUT2D eigenvalue weighted by Gasteiger charge is 2.08. The molecular formula is C22H25N7O3. The molecule has 0 fully saturated rings. The van der Waals surface area contributed by atoms with Crippen molar-refractivity contribution >= 4 is 29.0 Å². The van der Waals surface area contributed by atoms with Crippen molar-refractivity contribution in [2.45, 2.75) is 13.5 Å². The molecule has 1 aromatic carbocycles. The first kappa shape index (κ1) is 22.6. The molecule has 2 heterocycles. The molecule has 2 aromatic heterocycles. The third-order valence-corrected chi connectivity index (χ3v) is 4.28. The second kappa shape index (κ2) is 11.4. The normalized spacial score (nSPS) is 10.8. The zero-order chi connectivity index (χ0) is 22.8. The Morgan fingerprint density at radius 3 is 2.88 bits per heavy atom. The van der Waals surface area contributed by atoms with Crippen molar-refractivity contribution < 1.29 is 14.3 Å². The highest BCUT2D eigenvalue weighted by Crippen LogP contribution is 2.23. The highest BCUT2D eigenvalue weighted by molar-refractivity contribution is 5.96. The summed E-state index contributed by atoms with van der Waals surface area (Å²) in [5.74, 6) is -0.0281. The molecule has 166 valence electrons. The molecule has 0 atom stereocenters. The van der Waals surface area contributed by atoms with Crippen molar-refractivity contribution in [3.8, 4) is 11.3 Å². The van der Waals surface area contributed by atoms with Gasteiger partial charge < -0.3 is 20.7 Å². The molecular weight excluding hydrogens is 410 g/mol. The van der Waals surface area contributed by atoms with E-state index < -0.39 is 0 Å². The SMILES string of the molecule is C/C=C/C(=O)NCC(=O)Nc1cccc(-c2cc(Nc3cnn(CCOC)c3)ncn2)c1. The van der Waals surface area contributed by atoms with Gasteiger partial charge in [0.25, 0.3) is 0 Å². The Morgan fingerprint density at radius 2 is 2.06 bits per heavy atom. The fourth-order valence-corrected chi connectivity index (χ4v) is 2.81. The number of benzene rings is 1. The van der Waals surface area contributed by atoms with Gasteiger partial charge in [-0.05, 0) is 25.1 Å². The monoisotopic (exact) mass is 435 g/mol. The standard InChI is InChI=1S/C22H25N7O3/c1-3-5-21(30)23-13-22(31)28-17-7-4-6-16(10-17)19-11-20(25-15-24-19)27-18-12-26-29(14-18)8-9-32-2/h3-7,10-12,14-15H,8-9,13H2,1-2H3,(H,23,30)(H,28,31)(H,24,25,27)/b5-3+. The van der Waals surface area contributed by atoms with Crippen LogP contribution in [0.25, 0.3) is 11.3 Å². The van der Waals surface area contributed by atoms with Crippen LogP contribution >= 0.6 is 0 Å². The van der Waals surface area contributed by atoms with Gasteiger partial charge in [0.05, 0.1) is 37.3 Å². The maximum atomic E-state index is 12.1. The van der Waals surface area contributed by atoms with Crippen LogP contribution < -0.4 is 16.0 Å². The molecule has 0 aliphatic carbocycles. The lowest BCUT2D eigenvalue weighted by atomic mass is 10.1. The number of nitrogens with one attached hydrogen (secondary N) is 3. The zero-order valence-corrected chi connectivity index (χ0v) is 17.9. The molecule has 0 unspecified atom stereocenters. The summed E-state index contributed by atoms with van der Waals surface area (Å²) in [6, 6.07) is 9.09. The fraction of sp³-hybridized carbons (Fsp3) is 0.227. The van der Waals surface area contributed by atoms with Gasteiger partial charge in [0.15, 0.2) is 0 Å². The Bertz CT molecular complexity index is 1090. The van der Waals surface area contributed by atoms with Gasteiger partial charge >= 0.3 is 0 Å². The summed E-state index contributed by atoms with van der Waals surface area (Å²) in [6.07, 6.45) is 8.01.